The van der Waals surface area contributed by atoms with Crippen molar-refractivity contribution in [3.05, 3.63) is 45.9 Å². The second kappa shape index (κ2) is 7.77. The number of nitrogens with zero attached hydrogens (tertiary/aromatic N) is 3. The molecule has 1 aromatic carbocycles. The smallest absolute Gasteiger partial charge is 0.191 e. The maximum Gasteiger partial charge on any atom is 0.191 e. The lowest BCUT2D eigenvalue weighted by atomic mass is 10.2. The van der Waals surface area contributed by atoms with Crippen molar-refractivity contribution in [2.24, 2.45) is 4.99 Å². The molecule has 1 unspecified atom stereocenters. The number of halogens is 2. The van der Waals surface area contributed by atoms with Crippen LogP contribution in [0, 0.1) is 18.6 Å². The molecule has 0 aliphatic carbocycles. The average molecular weight is 365 g/mol. The number of aromatic nitrogens is 1. The Morgan fingerprint density at radius 1 is 1.44 bits per heavy atom. The first-order valence-electron chi connectivity index (χ1n) is 8.13. The van der Waals surface area contributed by atoms with Crippen LogP contribution in [0.2, 0.25) is 0 Å². The summed E-state index contributed by atoms with van der Waals surface area (Å²) < 4.78 is 27.0. The van der Waals surface area contributed by atoms with E-state index in [-0.39, 0.29) is 6.04 Å². The topological polar surface area (TPSA) is 52.6 Å². The van der Waals surface area contributed by atoms with Gasteiger partial charge in [0.05, 0.1) is 12.2 Å². The summed E-state index contributed by atoms with van der Waals surface area (Å²) in [7, 11) is 1.72. The van der Waals surface area contributed by atoms with Crippen molar-refractivity contribution >= 4 is 23.0 Å². The van der Waals surface area contributed by atoms with Gasteiger partial charge in [-0.05, 0) is 25.5 Å². The van der Waals surface area contributed by atoms with E-state index in [4.69, 9.17) is 0 Å². The molecule has 2 heterocycles. The molecule has 0 amide bonds. The molecule has 1 atom stereocenters. The maximum absolute atomic E-state index is 13.9. The Hall–Kier alpha value is -2.22. The van der Waals surface area contributed by atoms with Crippen LogP contribution in [-0.4, -0.2) is 37.1 Å². The van der Waals surface area contributed by atoms with E-state index in [0.29, 0.717) is 31.3 Å². The Bertz CT molecular complexity index is 761. The van der Waals surface area contributed by atoms with Gasteiger partial charge in [0.15, 0.2) is 5.96 Å². The Morgan fingerprint density at radius 3 is 2.96 bits per heavy atom. The Balaban J connectivity index is 1.54. The molecule has 25 heavy (non-hydrogen) atoms. The summed E-state index contributed by atoms with van der Waals surface area (Å²) in [6.45, 7) is 3.99. The lowest BCUT2D eigenvalue weighted by molar-refractivity contribution is 0.580. The molecule has 0 bridgehead atoms. The van der Waals surface area contributed by atoms with Gasteiger partial charge < -0.3 is 15.5 Å². The number of guanidine groups is 1. The Kier molecular flexibility index (Phi) is 5.47. The van der Waals surface area contributed by atoms with Gasteiger partial charge in [-0.15, -0.1) is 11.3 Å². The normalized spacial score (nSPS) is 17.8. The highest BCUT2D eigenvalue weighted by molar-refractivity contribution is 7.11. The number of anilines is 1. The Labute approximate surface area is 149 Å². The van der Waals surface area contributed by atoms with E-state index in [0.717, 1.165) is 17.5 Å². The van der Waals surface area contributed by atoms with Crippen LogP contribution in [0.3, 0.4) is 0 Å². The van der Waals surface area contributed by atoms with Crippen molar-refractivity contribution in [1.29, 1.82) is 0 Å². The fourth-order valence-corrected chi connectivity index (χ4v) is 3.59. The van der Waals surface area contributed by atoms with Gasteiger partial charge in [0.25, 0.3) is 0 Å². The second-order valence-corrected chi connectivity index (χ2v) is 7.28. The molecule has 1 saturated heterocycles. The number of aryl methyl sites for hydroxylation is 1. The van der Waals surface area contributed by atoms with Crippen LogP contribution in [-0.2, 0) is 6.54 Å². The number of aliphatic imine (C=N–C) groups is 1. The van der Waals surface area contributed by atoms with Crippen molar-refractivity contribution in [3.63, 3.8) is 0 Å². The van der Waals surface area contributed by atoms with Crippen LogP contribution in [0.4, 0.5) is 14.5 Å². The van der Waals surface area contributed by atoms with E-state index in [1.165, 1.54) is 17.0 Å². The summed E-state index contributed by atoms with van der Waals surface area (Å²) in [4.78, 5) is 11.6. The van der Waals surface area contributed by atoms with Gasteiger partial charge in [0.2, 0.25) is 0 Å². The van der Waals surface area contributed by atoms with Crippen LogP contribution < -0.4 is 15.5 Å². The summed E-state index contributed by atoms with van der Waals surface area (Å²) in [6, 6.07) is 3.85. The van der Waals surface area contributed by atoms with Crippen LogP contribution in [0.5, 0.6) is 0 Å². The zero-order chi connectivity index (χ0) is 17.8. The van der Waals surface area contributed by atoms with Gasteiger partial charge in [-0.2, -0.15) is 0 Å². The van der Waals surface area contributed by atoms with Crippen molar-refractivity contribution in [2.45, 2.75) is 25.9 Å². The summed E-state index contributed by atoms with van der Waals surface area (Å²) in [5, 5.41) is 7.60. The standard InChI is InChI=1S/C17H21F2N5S/c1-11-8-21-16(25-11)9-22-17(20-2)23-13-5-6-24(10-13)15-4-3-12(18)7-14(15)19/h3-4,7-8,13H,5-6,9-10H2,1-2H3,(H2,20,22,23). The molecule has 134 valence electrons. The fraction of sp³-hybridized carbons (Fsp3) is 0.412. The molecule has 2 aromatic rings. The summed E-state index contributed by atoms with van der Waals surface area (Å²) in [5.41, 5.74) is 0.437. The fourth-order valence-electron chi connectivity index (χ4n) is 2.87. The summed E-state index contributed by atoms with van der Waals surface area (Å²) in [6.07, 6.45) is 2.71. The minimum absolute atomic E-state index is 0.147. The molecular formula is C17H21F2N5S. The highest BCUT2D eigenvalue weighted by Gasteiger charge is 2.25. The van der Waals surface area contributed by atoms with Crippen molar-refractivity contribution in [2.75, 3.05) is 25.0 Å². The first-order valence-corrected chi connectivity index (χ1v) is 8.95. The van der Waals surface area contributed by atoms with Gasteiger partial charge >= 0.3 is 0 Å². The predicted octanol–water partition coefficient (Wildman–Crippen LogP) is 2.67. The van der Waals surface area contributed by atoms with E-state index >= 15 is 0 Å². The quantitative estimate of drug-likeness (QED) is 0.646. The first-order chi connectivity index (χ1) is 12.0. The number of hydrogen-bond donors (Lipinski definition) is 2. The first kappa shape index (κ1) is 17.6. The predicted molar refractivity (Wildman–Crippen MR) is 97.2 cm³/mol. The minimum atomic E-state index is -0.558. The molecule has 1 aliphatic rings. The molecule has 0 saturated carbocycles. The van der Waals surface area contributed by atoms with Crippen LogP contribution in [0.1, 0.15) is 16.3 Å². The van der Waals surface area contributed by atoms with E-state index in [1.807, 2.05) is 18.0 Å². The Morgan fingerprint density at radius 2 is 2.28 bits per heavy atom. The highest BCUT2D eigenvalue weighted by Crippen LogP contribution is 2.24. The van der Waals surface area contributed by atoms with Crippen LogP contribution in [0.25, 0.3) is 0 Å². The molecule has 5 nitrogen and oxygen atoms in total. The number of thiazole rings is 1. The molecule has 1 aliphatic heterocycles. The van der Waals surface area contributed by atoms with Gasteiger partial charge in [0, 0.05) is 43.3 Å². The number of rotatable bonds is 4. The van der Waals surface area contributed by atoms with E-state index in [9.17, 15) is 8.78 Å². The third kappa shape index (κ3) is 4.45. The summed E-state index contributed by atoms with van der Waals surface area (Å²) >= 11 is 1.65. The van der Waals surface area contributed by atoms with E-state index in [2.05, 4.69) is 20.6 Å². The van der Waals surface area contributed by atoms with E-state index < -0.39 is 11.6 Å². The average Bonchev–Trinajstić information content (AvgIpc) is 3.20. The number of benzene rings is 1. The molecule has 1 fully saturated rings. The maximum atomic E-state index is 13.9. The number of nitrogens with one attached hydrogen (secondary N) is 2. The molecule has 8 heteroatoms. The molecule has 0 spiro atoms. The summed E-state index contributed by atoms with van der Waals surface area (Å²) in [5.74, 6) is -0.390. The third-order valence-electron chi connectivity index (χ3n) is 4.08. The minimum Gasteiger partial charge on any atom is -0.367 e. The van der Waals surface area contributed by atoms with Gasteiger partial charge in [-0.3, -0.25) is 4.99 Å². The molecule has 0 radical (unpaired) electrons. The second-order valence-electron chi connectivity index (χ2n) is 5.96. The van der Waals surface area contributed by atoms with Crippen molar-refractivity contribution in [1.82, 2.24) is 15.6 Å². The van der Waals surface area contributed by atoms with Gasteiger partial charge in [0.1, 0.15) is 16.6 Å². The van der Waals surface area contributed by atoms with Crippen LogP contribution in [0.15, 0.2) is 29.4 Å². The third-order valence-corrected chi connectivity index (χ3v) is 4.99. The van der Waals surface area contributed by atoms with Gasteiger partial charge in [-0.25, -0.2) is 13.8 Å². The van der Waals surface area contributed by atoms with Gasteiger partial charge in [-0.1, -0.05) is 0 Å². The zero-order valence-electron chi connectivity index (χ0n) is 14.2. The molecule has 2 N–H and O–H groups in total. The lowest BCUT2D eigenvalue weighted by Gasteiger charge is -2.20. The molecule has 3 rings (SSSR count). The van der Waals surface area contributed by atoms with Crippen molar-refractivity contribution < 1.29 is 8.78 Å². The lowest BCUT2D eigenvalue weighted by Crippen LogP contribution is -2.44. The zero-order valence-corrected chi connectivity index (χ0v) is 15.0. The van der Waals surface area contributed by atoms with Crippen molar-refractivity contribution in [3.8, 4) is 0 Å². The highest BCUT2D eigenvalue weighted by atomic mass is 32.1. The van der Waals surface area contributed by atoms with E-state index in [1.54, 1.807) is 18.4 Å². The van der Waals surface area contributed by atoms with Crippen LogP contribution >= 0.6 is 11.3 Å². The SMILES string of the molecule is CN=C(NCc1ncc(C)s1)NC1CCN(c2ccc(F)cc2F)C1. The number of hydrogen-bond acceptors (Lipinski definition) is 4. The molecular weight excluding hydrogens is 344 g/mol. The molecule has 1 aromatic heterocycles. The monoisotopic (exact) mass is 365 g/mol. The largest absolute Gasteiger partial charge is 0.367 e.